The van der Waals surface area contributed by atoms with Crippen LogP contribution in [0, 0.1) is 0 Å². The Labute approximate surface area is 78.8 Å². The van der Waals surface area contributed by atoms with Crippen molar-refractivity contribution in [2.24, 2.45) is 0 Å². The third-order valence-electron chi connectivity index (χ3n) is 1.79. The third-order valence-corrected chi connectivity index (χ3v) is 2.46. The predicted octanol–water partition coefficient (Wildman–Crippen LogP) is 1.32. The zero-order valence-corrected chi connectivity index (χ0v) is 7.97. The van der Waals surface area contributed by atoms with Crippen molar-refractivity contribution in [2.75, 3.05) is 0 Å². The molecule has 1 N–H and O–H groups in total. The number of thiazole rings is 1. The van der Waals surface area contributed by atoms with E-state index in [-0.39, 0.29) is 4.87 Å². The van der Waals surface area contributed by atoms with E-state index < -0.39 is 0 Å². The SMILES string of the molecule is CCn1cc(-c2csc(=O)[nH]2)cn1. The highest BCUT2D eigenvalue weighted by molar-refractivity contribution is 7.07. The molecule has 13 heavy (non-hydrogen) atoms. The average molecular weight is 195 g/mol. The molecule has 0 saturated carbocycles. The Balaban J connectivity index is 2.40. The molecule has 0 bridgehead atoms. The minimum atomic E-state index is -0.0285. The Kier molecular flexibility index (Phi) is 2.02. The van der Waals surface area contributed by atoms with Gasteiger partial charge in [0.1, 0.15) is 0 Å². The van der Waals surface area contributed by atoms with Crippen molar-refractivity contribution in [3.05, 3.63) is 27.4 Å². The second-order valence-corrected chi connectivity index (χ2v) is 3.49. The quantitative estimate of drug-likeness (QED) is 0.785. The van der Waals surface area contributed by atoms with Gasteiger partial charge in [0.05, 0.1) is 11.9 Å². The minimum Gasteiger partial charge on any atom is -0.312 e. The van der Waals surface area contributed by atoms with Gasteiger partial charge < -0.3 is 4.98 Å². The highest BCUT2D eigenvalue weighted by atomic mass is 32.1. The summed E-state index contributed by atoms with van der Waals surface area (Å²) >= 11 is 1.17. The van der Waals surface area contributed by atoms with E-state index in [0.717, 1.165) is 17.8 Å². The first kappa shape index (κ1) is 8.25. The second kappa shape index (κ2) is 3.18. The van der Waals surface area contributed by atoms with E-state index in [1.165, 1.54) is 11.3 Å². The molecule has 0 spiro atoms. The molecule has 2 aromatic heterocycles. The molecule has 5 heteroatoms. The van der Waals surface area contributed by atoms with Gasteiger partial charge in [0.25, 0.3) is 0 Å². The van der Waals surface area contributed by atoms with Crippen LogP contribution in [0.4, 0.5) is 0 Å². The number of hydrogen-bond donors (Lipinski definition) is 1. The first-order valence-electron chi connectivity index (χ1n) is 4.00. The molecule has 0 fully saturated rings. The average Bonchev–Trinajstić information content (AvgIpc) is 2.71. The zero-order chi connectivity index (χ0) is 9.26. The molecule has 2 aromatic rings. The number of hydrogen-bond acceptors (Lipinski definition) is 3. The van der Waals surface area contributed by atoms with Gasteiger partial charge in [0.2, 0.25) is 0 Å². The van der Waals surface area contributed by atoms with Crippen molar-refractivity contribution in [3.63, 3.8) is 0 Å². The van der Waals surface area contributed by atoms with Gasteiger partial charge in [0, 0.05) is 23.7 Å². The van der Waals surface area contributed by atoms with Crippen LogP contribution in [-0.2, 0) is 6.54 Å². The summed E-state index contributed by atoms with van der Waals surface area (Å²) in [6.07, 6.45) is 3.67. The molecule has 2 rings (SSSR count). The fourth-order valence-electron chi connectivity index (χ4n) is 1.10. The normalized spacial score (nSPS) is 10.5. The maximum Gasteiger partial charge on any atom is 0.304 e. The molecule has 0 aliphatic rings. The van der Waals surface area contributed by atoms with Crippen LogP contribution >= 0.6 is 11.3 Å². The van der Waals surface area contributed by atoms with Gasteiger partial charge in [-0.1, -0.05) is 11.3 Å². The Morgan fingerprint density at radius 1 is 1.69 bits per heavy atom. The summed E-state index contributed by atoms with van der Waals surface area (Å²) in [4.78, 5) is 13.6. The van der Waals surface area contributed by atoms with Crippen molar-refractivity contribution in [1.82, 2.24) is 14.8 Å². The number of aromatic amines is 1. The van der Waals surface area contributed by atoms with E-state index in [0.29, 0.717) is 0 Å². The monoisotopic (exact) mass is 195 g/mol. The van der Waals surface area contributed by atoms with Crippen molar-refractivity contribution >= 4 is 11.3 Å². The van der Waals surface area contributed by atoms with Crippen LogP contribution in [0.3, 0.4) is 0 Å². The van der Waals surface area contributed by atoms with Crippen molar-refractivity contribution in [2.45, 2.75) is 13.5 Å². The Hall–Kier alpha value is -1.36. The minimum absolute atomic E-state index is 0.0285. The Morgan fingerprint density at radius 3 is 3.08 bits per heavy atom. The first-order chi connectivity index (χ1) is 6.29. The molecular formula is C8H9N3OS. The highest BCUT2D eigenvalue weighted by Crippen LogP contribution is 2.15. The summed E-state index contributed by atoms with van der Waals surface area (Å²) in [6, 6.07) is 0. The molecule has 0 aliphatic heterocycles. The van der Waals surface area contributed by atoms with E-state index in [1.54, 1.807) is 11.6 Å². The molecule has 0 atom stereocenters. The van der Waals surface area contributed by atoms with Crippen molar-refractivity contribution in [1.29, 1.82) is 0 Å². The third kappa shape index (κ3) is 1.55. The predicted molar refractivity (Wildman–Crippen MR) is 51.8 cm³/mol. The maximum atomic E-state index is 10.9. The van der Waals surface area contributed by atoms with Crippen LogP contribution in [-0.4, -0.2) is 14.8 Å². The lowest BCUT2D eigenvalue weighted by Gasteiger charge is -1.90. The number of nitrogens with one attached hydrogen (secondary N) is 1. The summed E-state index contributed by atoms with van der Waals surface area (Å²) < 4.78 is 1.82. The number of aromatic nitrogens is 3. The Bertz CT molecular complexity index is 454. The molecule has 0 aliphatic carbocycles. The first-order valence-corrected chi connectivity index (χ1v) is 4.88. The lowest BCUT2D eigenvalue weighted by atomic mass is 10.3. The van der Waals surface area contributed by atoms with E-state index >= 15 is 0 Å². The number of aryl methyl sites for hydroxylation is 1. The largest absolute Gasteiger partial charge is 0.312 e. The Morgan fingerprint density at radius 2 is 2.54 bits per heavy atom. The van der Waals surface area contributed by atoms with Crippen molar-refractivity contribution in [3.8, 4) is 11.3 Å². The van der Waals surface area contributed by atoms with Gasteiger partial charge in [-0.15, -0.1) is 0 Å². The lowest BCUT2D eigenvalue weighted by Crippen LogP contribution is -1.93. The standard InChI is InChI=1S/C8H9N3OS/c1-2-11-4-6(3-9-11)7-5-13-8(12)10-7/h3-5H,2H2,1H3,(H,10,12). The molecule has 0 radical (unpaired) electrons. The second-order valence-electron chi connectivity index (χ2n) is 2.65. The topological polar surface area (TPSA) is 50.7 Å². The summed E-state index contributed by atoms with van der Waals surface area (Å²) in [7, 11) is 0. The summed E-state index contributed by atoms with van der Waals surface area (Å²) in [5.74, 6) is 0. The number of nitrogens with zero attached hydrogens (tertiary/aromatic N) is 2. The van der Waals surface area contributed by atoms with Crippen molar-refractivity contribution < 1.29 is 0 Å². The fourth-order valence-corrected chi connectivity index (χ4v) is 1.69. The molecule has 0 aromatic carbocycles. The molecule has 0 amide bonds. The summed E-state index contributed by atoms with van der Waals surface area (Å²) in [6.45, 7) is 2.86. The van der Waals surface area contributed by atoms with Gasteiger partial charge in [-0.2, -0.15) is 5.10 Å². The molecule has 4 nitrogen and oxygen atoms in total. The molecule has 0 saturated heterocycles. The lowest BCUT2D eigenvalue weighted by molar-refractivity contribution is 0.660. The van der Waals surface area contributed by atoms with Gasteiger partial charge in [-0.25, -0.2) is 0 Å². The van der Waals surface area contributed by atoms with Crippen LogP contribution in [0.15, 0.2) is 22.6 Å². The number of rotatable bonds is 2. The van der Waals surface area contributed by atoms with Crippen LogP contribution < -0.4 is 4.87 Å². The van der Waals surface area contributed by atoms with Gasteiger partial charge in [-0.05, 0) is 6.92 Å². The number of H-pyrrole nitrogens is 1. The molecule has 0 unspecified atom stereocenters. The highest BCUT2D eigenvalue weighted by Gasteiger charge is 2.02. The smallest absolute Gasteiger partial charge is 0.304 e. The molecule has 68 valence electrons. The van der Waals surface area contributed by atoms with Crippen LogP contribution in [0.25, 0.3) is 11.3 Å². The van der Waals surface area contributed by atoms with Gasteiger partial charge >= 0.3 is 4.87 Å². The van der Waals surface area contributed by atoms with Crippen LogP contribution in [0.2, 0.25) is 0 Å². The van der Waals surface area contributed by atoms with E-state index in [4.69, 9.17) is 0 Å². The van der Waals surface area contributed by atoms with Gasteiger partial charge in [-0.3, -0.25) is 9.48 Å². The maximum absolute atomic E-state index is 10.9. The van der Waals surface area contributed by atoms with E-state index in [2.05, 4.69) is 10.1 Å². The summed E-state index contributed by atoms with van der Waals surface area (Å²) in [5.41, 5.74) is 1.80. The molecule has 2 heterocycles. The van der Waals surface area contributed by atoms with Crippen LogP contribution in [0.1, 0.15) is 6.92 Å². The van der Waals surface area contributed by atoms with E-state index in [1.807, 2.05) is 17.8 Å². The fraction of sp³-hybridized carbons (Fsp3) is 0.250. The zero-order valence-electron chi connectivity index (χ0n) is 7.15. The van der Waals surface area contributed by atoms with Crippen LogP contribution in [0.5, 0.6) is 0 Å². The van der Waals surface area contributed by atoms with E-state index in [9.17, 15) is 4.79 Å². The summed E-state index contributed by atoms with van der Waals surface area (Å²) in [5, 5.41) is 5.92. The van der Waals surface area contributed by atoms with Gasteiger partial charge in [0.15, 0.2) is 0 Å². The molecular weight excluding hydrogens is 186 g/mol.